The molecule has 0 saturated carbocycles. The molecular formula is C25H28O3. The highest BCUT2D eigenvalue weighted by Crippen LogP contribution is 2.46. The molecule has 146 valence electrons. The van der Waals surface area contributed by atoms with Crippen molar-refractivity contribution in [3.8, 4) is 0 Å². The molecule has 0 saturated heterocycles. The van der Waals surface area contributed by atoms with E-state index < -0.39 is 5.97 Å². The molecule has 1 N–H and O–H groups in total. The molecule has 28 heavy (non-hydrogen) atoms. The first-order valence-electron chi connectivity index (χ1n) is 9.73. The number of carboxylic acid groups (broad SMARTS) is 1. The second-order valence-electron chi connectivity index (χ2n) is 9.10. The number of carboxylic acids is 1. The van der Waals surface area contributed by atoms with Crippen molar-refractivity contribution in [2.24, 2.45) is 0 Å². The number of carbonyl (C=O) groups excluding carboxylic acids is 1. The predicted molar refractivity (Wildman–Crippen MR) is 113 cm³/mol. The lowest BCUT2D eigenvalue weighted by Gasteiger charge is -2.42. The van der Waals surface area contributed by atoms with Gasteiger partial charge in [0.05, 0.1) is 0 Å². The Kier molecular flexibility index (Phi) is 5.05. The van der Waals surface area contributed by atoms with Gasteiger partial charge in [0.1, 0.15) is 0 Å². The topological polar surface area (TPSA) is 54.4 Å². The van der Waals surface area contributed by atoms with Crippen LogP contribution in [0, 0.1) is 6.92 Å². The number of hydrogen-bond donors (Lipinski definition) is 1. The minimum atomic E-state index is -0.987. The molecule has 2 aromatic carbocycles. The molecule has 0 atom stereocenters. The summed E-state index contributed by atoms with van der Waals surface area (Å²) in [5.41, 5.74) is 5.80. The van der Waals surface area contributed by atoms with Crippen molar-refractivity contribution in [2.45, 2.75) is 58.3 Å². The SMILES string of the molecule is Cc1cc(C(=O)c2ccc3c(c2)C(C)(C)CCC3(C)C)ccc1/C=C/C(=O)O. The van der Waals surface area contributed by atoms with Crippen molar-refractivity contribution in [1.82, 2.24) is 0 Å². The summed E-state index contributed by atoms with van der Waals surface area (Å²) in [6.07, 6.45) is 4.91. The Morgan fingerprint density at radius 2 is 1.46 bits per heavy atom. The van der Waals surface area contributed by atoms with Gasteiger partial charge in [0.25, 0.3) is 0 Å². The van der Waals surface area contributed by atoms with Crippen molar-refractivity contribution in [2.75, 3.05) is 0 Å². The molecular weight excluding hydrogens is 348 g/mol. The number of carbonyl (C=O) groups is 2. The van der Waals surface area contributed by atoms with Gasteiger partial charge in [-0.3, -0.25) is 4.79 Å². The van der Waals surface area contributed by atoms with Gasteiger partial charge in [-0.15, -0.1) is 0 Å². The molecule has 2 aromatic rings. The minimum Gasteiger partial charge on any atom is -0.478 e. The summed E-state index contributed by atoms with van der Waals surface area (Å²) < 4.78 is 0. The Hall–Kier alpha value is -2.68. The zero-order chi connectivity index (χ0) is 20.7. The molecule has 0 radical (unpaired) electrons. The van der Waals surface area contributed by atoms with Crippen LogP contribution in [0.3, 0.4) is 0 Å². The van der Waals surface area contributed by atoms with Crippen LogP contribution in [0.15, 0.2) is 42.5 Å². The highest BCUT2D eigenvalue weighted by molar-refractivity contribution is 6.09. The molecule has 0 fully saturated rings. The summed E-state index contributed by atoms with van der Waals surface area (Å²) in [5, 5.41) is 8.79. The van der Waals surface area contributed by atoms with Crippen LogP contribution in [0.25, 0.3) is 6.08 Å². The highest BCUT2D eigenvalue weighted by atomic mass is 16.4. The number of aryl methyl sites for hydroxylation is 1. The number of aliphatic carboxylic acids is 1. The third-order valence-corrected chi connectivity index (χ3v) is 6.05. The van der Waals surface area contributed by atoms with Gasteiger partial charge in [0, 0.05) is 17.2 Å². The molecule has 0 aromatic heterocycles. The molecule has 0 bridgehead atoms. The number of rotatable bonds is 4. The van der Waals surface area contributed by atoms with Crippen LogP contribution in [-0.2, 0) is 15.6 Å². The summed E-state index contributed by atoms with van der Waals surface area (Å²) in [7, 11) is 0. The first-order chi connectivity index (χ1) is 13.0. The Labute approximate surface area is 167 Å². The average molecular weight is 376 g/mol. The van der Waals surface area contributed by atoms with E-state index in [1.165, 1.54) is 11.1 Å². The quantitative estimate of drug-likeness (QED) is 0.552. The molecule has 3 nitrogen and oxygen atoms in total. The maximum absolute atomic E-state index is 13.1. The molecule has 3 rings (SSSR count). The number of fused-ring (bicyclic) bond motifs is 1. The lowest BCUT2D eigenvalue weighted by molar-refractivity contribution is -0.131. The molecule has 1 aliphatic rings. The zero-order valence-corrected chi connectivity index (χ0v) is 17.3. The van der Waals surface area contributed by atoms with Crippen molar-refractivity contribution < 1.29 is 14.7 Å². The minimum absolute atomic E-state index is 0.00107. The van der Waals surface area contributed by atoms with Gasteiger partial charge in [-0.2, -0.15) is 0 Å². The fourth-order valence-electron chi connectivity index (χ4n) is 4.06. The Balaban J connectivity index is 1.98. The zero-order valence-electron chi connectivity index (χ0n) is 17.3. The van der Waals surface area contributed by atoms with E-state index in [0.717, 1.165) is 30.0 Å². The van der Waals surface area contributed by atoms with Crippen LogP contribution in [0.1, 0.15) is 78.7 Å². The van der Waals surface area contributed by atoms with Crippen LogP contribution < -0.4 is 0 Å². The summed E-state index contributed by atoms with van der Waals surface area (Å²) >= 11 is 0. The lowest BCUT2D eigenvalue weighted by atomic mass is 9.63. The van der Waals surface area contributed by atoms with Gasteiger partial charge < -0.3 is 5.11 Å². The summed E-state index contributed by atoms with van der Waals surface area (Å²) in [6, 6.07) is 11.5. The summed E-state index contributed by atoms with van der Waals surface area (Å²) in [4.78, 5) is 23.8. The largest absolute Gasteiger partial charge is 0.478 e. The van der Waals surface area contributed by atoms with E-state index in [0.29, 0.717) is 11.1 Å². The second-order valence-corrected chi connectivity index (χ2v) is 9.10. The van der Waals surface area contributed by atoms with E-state index >= 15 is 0 Å². The van der Waals surface area contributed by atoms with E-state index in [1.54, 1.807) is 18.2 Å². The van der Waals surface area contributed by atoms with Crippen molar-refractivity contribution in [3.05, 3.63) is 75.9 Å². The molecule has 1 aliphatic carbocycles. The van der Waals surface area contributed by atoms with Gasteiger partial charge in [0.2, 0.25) is 0 Å². The fourth-order valence-corrected chi connectivity index (χ4v) is 4.06. The molecule has 0 aliphatic heterocycles. The van der Waals surface area contributed by atoms with Crippen LogP contribution >= 0.6 is 0 Å². The molecule has 3 heteroatoms. The van der Waals surface area contributed by atoms with E-state index in [9.17, 15) is 9.59 Å². The maximum Gasteiger partial charge on any atom is 0.328 e. The standard InChI is InChI=1S/C25H28O3/c1-16-14-18(7-6-17(16)9-11-22(26)27)23(28)19-8-10-20-21(15-19)25(4,5)13-12-24(20,2)3/h6-11,14-15H,12-13H2,1-5H3,(H,26,27)/b11-9+. The highest BCUT2D eigenvalue weighted by Gasteiger charge is 2.37. The van der Waals surface area contributed by atoms with Gasteiger partial charge in [-0.05, 0) is 71.1 Å². The van der Waals surface area contributed by atoms with Crippen molar-refractivity contribution >= 4 is 17.8 Å². The first-order valence-corrected chi connectivity index (χ1v) is 9.73. The summed E-state index contributed by atoms with van der Waals surface area (Å²) in [5.74, 6) is -0.988. The van der Waals surface area contributed by atoms with Crippen molar-refractivity contribution in [1.29, 1.82) is 0 Å². The Morgan fingerprint density at radius 3 is 2.07 bits per heavy atom. The monoisotopic (exact) mass is 376 g/mol. The maximum atomic E-state index is 13.1. The molecule has 0 unspecified atom stereocenters. The summed E-state index contributed by atoms with van der Waals surface area (Å²) in [6.45, 7) is 10.9. The predicted octanol–water partition coefficient (Wildman–Crippen LogP) is 5.67. The lowest BCUT2D eigenvalue weighted by Crippen LogP contribution is -2.34. The number of hydrogen-bond acceptors (Lipinski definition) is 2. The third kappa shape index (κ3) is 3.80. The van der Waals surface area contributed by atoms with E-state index in [2.05, 4.69) is 39.8 Å². The van der Waals surface area contributed by atoms with Gasteiger partial charge >= 0.3 is 5.97 Å². The number of benzene rings is 2. The van der Waals surface area contributed by atoms with Gasteiger partial charge in [0.15, 0.2) is 5.78 Å². The second kappa shape index (κ2) is 7.05. The Morgan fingerprint density at radius 1 is 0.893 bits per heavy atom. The van der Waals surface area contributed by atoms with E-state index in [-0.39, 0.29) is 16.6 Å². The van der Waals surface area contributed by atoms with Crippen molar-refractivity contribution in [3.63, 3.8) is 0 Å². The third-order valence-electron chi connectivity index (χ3n) is 6.05. The van der Waals surface area contributed by atoms with Crippen LogP contribution in [0.4, 0.5) is 0 Å². The first kappa shape index (κ1) is 20.1. The molecule has 0 amide bonds. The normalized spacial score (nSPS) is 17.3. The van der Waals surface area contributed by atoms with Gasteiger partial charge in [-0.1, -0.05) is 52.0 Å². The Bertz CT molecular complexity index is 977. The van der Waals surface area contributed by atoms with Crippen LogP contribution in [0.2, 0.25) is 0 Å². The number of ketones is 1. The van der Waals surface area contributed by atoms with Crippen LogP contribution in [-0.4, -0.2) is 16.9 Å². The smallest absolute Gasteiger partial charge is 0.328 e. The van der Waals surface area contributed by atoms with E-state index in [4.69, 9.17) is 5.11 Å². The van der Waals surface area contributed by atoms with Gasteiger partial charge in [-0.25, -0.2) is 4.79 Å². The molecule has 0 heterocycles. The van der Waals surface area contributed by atoms with Crippen LogP contribution in [0.5, 0.6) is 0 Å². The molecule has 0 spiro atoms. The average Bonchev–Trinajstić information content (AvgIpc) is 2.63. The van der Waals surface area contributed by atoms with E-state index in [1.807, 2.05) is 19.1 Å². The fraction of sp³-hybridized carbons (Fsp3) is 0.360.